The molecule has 122 valence electrons. The zero-order chi connectivity index (χ0) is 16.2. The topological polar surface area (TPSA) is 70.7 Å². The lowest BCUT2D eigenvalue weighted by Crippen LogP contribution is -2.40. The summed E-state index contributed by atoms with van der Waals surface area (Å²) in [6.45, 7) is 5.61. The van der Waals surface area contributed by atoms with E-state index < -0.39 is 0 Å². The monoisotopic (exact) mass is 312 g/mol. The van der Waals surface area contributed by atoms with E-state index >= 15 is 0 Å². The average Bonchev–Trinajstić information content (AvgIpc) is 2.73. The summed E-state index contributed by atoms with van der Waals surface area (Å²) in [5.41, 5.74) is 10.7. The van der Waals surface area contributed by atoms with E-state index in [2.05, 4.69) is 41.5 Å². The average molecular weight is 312 g/mol. The Morgan fingerprint density at radius 1 is 1.30 bits per heavy atom. The smallest absolute Gasteiger partial charge is 0.272 e. The van der Waals surface area contributed by atoms with E-state index in [9.17, 15) is 4.79 Å². The summed E-state index contributed by atoms with van der Waals surface area (Å²) in [6, 6.07) is 8.33. The first-order valence-electron chi connectivity index (χ1n) is 8.23. The molecule has 3 rings (SSSR count). The van der Waals surface area contributed by atoms with E-state index in [0.29, 0.717) is 25.3 Å². The molecular formula is C18H24N4O. The molecule has 1 amide bonds. The zero-order valence-corrected chi connectivity index (χ0v) is 13.6. The molecule has 0 saturated heterocycles. The minimum Gasteiger partial charge on any atom is -0.402 e. The van der Waals surface area contributed by atoms with Gasteiger partial charge in [-0.25, -0.2) is 0 Å². The maximum absolute atomic E-state index is 12.9. The molecule has 0 bridgehead atoms. The van der Waals surface area contributed by atoms with Crippen LogP contribution < -0.4 is 11.1 Å². The van der Waals surface area contributed by atoms with Crippen LogP contribution in [0, 0.1) is 6.92 Å². The number of nitrogens with zero attached hydrogens (tertiary/aromatic N) is 2. The van der Waals surface area contributed by atoms with Crippen molar-refractivity contribution in [3.63, 3.8) is 0 Å². The highest BCUT2D eigenvalue weighted by Gasteiger charge is 2.27. The number of aliphatic imine (C=N–C) groups is 1. The summed E-state index contributed by atoms with van der Waals surface area (Å²) >= 11 is 0. The third-order valence-corrected chi connectivity index (χ3v) is 4.39. The van der Waals surface area contributed by atoms with Gasteiger partial charge in [-0.3, -0.25) is 9.79 Å². The fraction of sp³-hybridized carbons (Fsp3) is 0.444. The Bertz CT molecular complexity index is 645. The molecule has 0 atom stereocenters. The minimum absolute atomic E-state index is 0.00438. The van der Waals surface area contributed by atoms with Gasteiger partial charge in [-0.1, -0.05) is 29.8 Å². The van der Waals surface area contributed by atoms with Gasteiger partial charge >= 0.3 is 0 Å². The van der Waals surface area contributed by atoms with Crippen LogP contribution in [0.1, 0.15) is 24.0 Å². The second kappa shape index (κ2) is 6.96. The Labute approximate surface area is 137 Å². The normalized spacial score (nSPS) is 19.6. The fourth-order valence-corrected chi connectivity index (χ4v) is 3.00. The van der Waals surface area contributed by atoms with Crippen molar-refractivity contribution in [3.8, 4) is 0 Å². The van der Waals surface area contributed by atoms with Crippen molar-refractivity contribution in [2.45, 2.75) is 26.3 Å². The van der Waals surface area contributed by atoms with Crippen molar-refractivity contribution in [1.82, 2.24) is 10.2 Å². The predicted molar refractivity (Wildman–Crippen MR) is 92.2 cm³/mol. The number of nitrogens with two attached hydrogens (primary N) is 1. The first kappa shape index (κ1) is 15.7. The zero-order valence-electron chi connectivity index (χ0n) is 13.6. The lowest BCUT2D eigenvalue weighted by Gasteiger charge is -2.24. The van der Waals surface area contributed by atoms with E-state index in [1.165, 1.54) is 5.56 Å². The molecule has 1 aromatic rings. The SMILES string of the molecule is Cc1ccc(CN2CCCN=C(C3=C(N)CCNC3)C2=O)cc1. The lowest BCUT2D eigenvalue weighted by atomic mass is 10.0. The molecule has 3 N–H and O–H groups in total. The van der Waals surface area contributed by atoms with Gasteiger partial charge in [-0.2, -0.15) is 0 Å². The molecule has 2 heterocycles. The van der Waals surface area contributed by atoms with Gasteiger partial charge in [0, 0.05) is 44.0 Å². The van der Waals surface area contributed by atoms with Crippen LogP contribution in [0.4, 0.5) is 0 Å². The maximum atomic E-state index is 12.9. The summed E-state index contributed by atoms with van der Waals surface area (Å²) < 4.78 is 0. The molecule has 5 nitrogen and oxygen atoms in total. The molecule has 1 aromatic carbocycles. The molecule has 23 heavy (non-hydrogen) atoms. The predicted octanol–water partition coefficient (Wildman–Crippen LogP) is 1.37. The second-order valence-corrected chi connectivity index (χ2v) is 6.23. The summed E-state index contributed by atoms with van der Waals surface area (Å²) in [7, 11) is 0. The van der Waals surface area contributed by atoms with Crippen LogP contribution in [-0.2, 0) is 11.3 Å². The minimum atomic E-state index is 0.00438. The first-order valence-corrected chi connectivity index (χ1v) is 8.23. The number of carbonyl (C=O) groups is 1. The fourth-order valence-electron chi connectivity index (χ4n) is 3.00. The molecule has 0 unspecified atom stereocenters. The molecule has 0 fully saturated rings. The quantitative estimate of drug-likeness (QED) is 0.885. The van der Waals surface area contributed by atoms with Gasteiger partial charge in [0.25, 0.3) is 5.91 Å². The number of amides is 1. The Balaban J connectivity index is 1.81. The van der Waals surface area contributed by atoms with Gasteiger partial charge in [-0.15, -0.1) is 0 Å². The van der Waals surface area contributed by atoms with Gasteiger partial charge in [0.1, 0.15) is 5.71 Å². The number of carbonyl (C=O) groups excluding carboxylic acids is 1. The highest BCUT2D eigenvalue weighted by molar-refractivity contribution is 6.45. The Hall–Kier alpha value is -2.14. The van der Waals surface area contributed by atoms with Crippen molar-refractivity contribution in [1.29, 1.82) is 0 Å². The molecule has 0 radical (unpaired) electrons. The van der Waals surface area contributed by atoms with E-state index in [1.807, 2.05) is 4.90 Å². The largest absolute Gasteiger partial charge is 0.402 e. The van der Waals surface area contributed by atoms with Gasteiger partial charge in [0.15, 0.2) is 0 Å². The maximum Gasteiger partial charge on any atom is 0.272 e. The van der Waals surface area contributed by atoms with Crippen LogP contribution in [0.2, 0.25) is 0 Å². The van der Waals surface area contributed by atoms with Crippen molar-refractivity contribution in [2.24, 2.45) is 10.7 Å². The van der Waals surface area contributed by atoms with Gasteiger partial charge < -0.3 is 16.0 Å². The molecule has 0 aliphatic carbocycles. The number of nitrogens with one attached hydrogen (secondary N) is 1. The Kier molecular flexibility index (Phi) is 4.76. The standard InChI is InChI=1S/C18H24N4O/c1-13-3-5-14(6-4-13)12-22-10-2-8-21-17(18(22)23)15-11-20-9-7-16(15)19/h3-6,20H,2,7-12,19H2,1H3. The van der Waals surface area contributed by atoms with Crippen molar-refractivity contribution >= 4 is 11.6 Å². The van der Waals surface area contributed by atoms with Crippen LogP contribution in [0.3, 0.4) is 0 Å². The number of rotatable bonds is 3. The molecule has 5 heteroatoms. The second-order valence-electron chi connectivity index (χ2n) is 6.23. The van der Waals surface area contributed by atoms with E-state index in [4.69, 9.17) is 5.73 Å². The first-order chi connectivity index (χ1) is 11.1. The lowest BCUT2D eigenvalue weighted by molar-refractivity contribution is -0.124. The van der Waals surface area contributed by atoms with Crippen molar-refractivity contribution in [3.05, 3.63) is 46.7 Å². The number of hydrogen-bond donors (Lipinski definition) is 2. The summed E-state index contributed by atoms with van der Waals surface area (Å²) in [5.74, 6) is 0.00438. The van der Waals surface area contributed by atoms with E-state index in [0.717, 1.165) is 42.8 Å². The number of hydrogen-bond acceptors (Lipinski definition) is 4. The Morgan fingerprint density at radius 3 is 2.83 bits per heavy atom. The van der Waals surface area contributed by atoms with Crippen LogP contribution >= 0.6 is 0 Å². The third-order valence-electron chi connectivity index (χ3n) is 4.39. The van der Waals surface area contributed by atoms with Gasteiger partial charge in [0.2, 0.25) is 0 Å². The van der Waals surface area contributed by atoms with Crippen LogP contribution in [0.25, 0.3) is 0 Å². The van der Waals surface area contributed by atoms with Crippen molar-refractivity contribution < 1.29 is 4.79 Å². The third kappa shape index (κ3) is 3.62. The summed E-state index contributed by atoms with van der Waals surface area (Å²) in [6.07, 6.45) is 1.67. The number of benzene rings is 1. The van der Waals surface area contributed by atoms with E-state index in [-0.39, 0.29) is 5.91 Å². The highest BCUT2D eigenvalue weighted by atomic mass is 16.2. The molecule has 0 spiro atoms. The van der Waals surface area contributed by atoms with Gasteiger partial charge in [-0.05, 0) is 25.3 Å². The molecule has 2 aliphatic heterocycles. The number of aryl methyl sites for hydroxylation is 1. The van der Waals surface area contributed by atoms with E-state index in [1.54, 1.807) is 0 Å². The molecule has 0 aromatic heterocycles. The summed E-state index contributed by atoms with van der Waals surface area (Å²) in [5, 5.41) is 3.28. The van der Waals surface area contributed by atoms with Crippen molar-refractivity contribution in [2.75, 3.05) is 26.2 Å². The molecular weight excluding hydrogens is 288 g/mol. The molecule has 2 aliphatic rings. The van der Waals surface area contributed by atoms with Crippen LogP contribution in [0.15, 0.2) is 40.5 Å². The molecule has 0 saturated carbocycles. The highest BCUT2D eigenvalue weighted by Crippen LogP contribution is 2.16. The van der Waals surface area contributed by atoms with Crippen LogP contribution in [-0.4, -0.2) is 42.7 Å². The summed E-state index contributed by atoms with van der Waals surface area (Å²) in [4.78, 5) is 19.4. The van der Waals surface area contributed by atoms with Gasteiger partial charge in [0.05, 0.1) is 0 Å². The van der Waals surface area contributed by atoms with Crippen LogP contribution in [0.5, 0.6) is 0 Å². The Morgan fingerprint density at radius 2 is 2.09 bits per heavy atom.